The quantitative estimate of drug-likeness (QED) is 0.0197. The minimum Gasteiger partial charge on any atom is -0.462 e. The van der Waals surface area contributed by atoms with Crippen LogP contribution in [0.25, 0.3) is 0 Å². The summed E-state index contributed by atoms with van der Waals surface area (Å²) >= 11 is 0. The fourth-order valence-corrected chi connectivity index (χ4v) is 8.03. The molecular formula is C56H99O11P. The number of carbonyl (C=O) groups excluding carboxylic acids is 3. The Hall–Kier alpha value is -2.82. The number of rotatable bonds is 50. The smallest absolute Gasteiger partial charge is 0.462 e. The molecule has 0 saturated carbocycles. The zero-order valence-electron chi connectivity index (χ0n) is 43.3. The van der Waals surface area contributed by atoms with Crippen LogP contribution < -0.4 is 0 Å². The van der Waals surface area contributed by atoms with Gasteiger partial charge in [-0.1, -0.05) is 178 Å². The second kappa shape index (κ2) is 50.6. The molecule has 0 aliphatic heterocycles. The van der Waals surface area contributed by atoms with E-state index >= 15 is 0 Å². The summed E-state index contributed by atoms with van der Waals surface area (Å²) in [5.41, 5.74) is 0. The van der Waals surface area contributed by atoms with Gasteiger partial charge in [-0.05, 0) is 103 Å². The van der Waals surface area contributed by atoms with Gasteiger partial charge in [-0.25, -0.2) is 4.57 Å². The van der Waals surface area contributed by atoms with E-state index in [1.807, 2.05) is 0 Å². The largest absolute Gasteiger partial charge is 0.472 e. The Morgan fingerprint density at radius 2 is 0.765 bits per heavy atom. The molecule has 0 aromatic carbocycles. The van der Waals surface area contributed by atoms with Crippen molar-refractivity contribution in [3.8, 4) is 0 Å². The molecule has 0 amide bonds. The zero-order chi connectivity index (χ0) is 49.9. The Kier molecular flexibility index (Phi) is 48.5. The van der Waals surface area contributed by atoms with Crippen LogP contribution in [0.3, 0.4) is 0 Å². The van der Waals surface area contributed by atoms with Gasteiger partial charge in [-0.2, -0.15) is 0 Å². The number of allylic oxidation sites excluding steroid dienone is 10. The summed E-state index contributed by atoms with van der Waals surface area (Å²) in [5.74, 6) is -1.52. The molecule has 394 valence electrons. The van der Waals surface area contributed by atoms with E-state index in [0.717, 1.165) is 116 Å². The van der Waals surface area contributed by atoms with Crippen molar-refractivity contribution in [3.05, 3.63) is 60.8 Å². The predicted molar refractivity (Wildman–Crippen MR) is 279 cm³/mol. The van der Waals surface area contributed by atoms with E-state index in [2.05, 4.69) is 81.5 Å². The highest BCUT2D eigenvalue weighted by molar-refractivity contribution is 7.47. The van der Waals surface area contributed by atoms with Gasteiger partial charge in [0, 0.05) is 19.3 Å². The number of hydrogen-bond donors (Lipinski definition) is 2. The highest BCUT2D eigenvalue weighted by atomic mass is 31.2. The first-order valence-electron chi connectivity index (χ1n) is 27.2. The van der Waals surface area contributed by atoms with E-state index in [-0.39, 0.29) is 25.9 Å². The van der Waals surface area contributed by atoms with Crippen molar-refractivity contribution in [1.82, 2.24) is 0 Å². The molecule has 0 aliphatic carbocycles. The molecule has 11 nitrogen and oxygen atoms in total. The fraction of sp³-hybridized carbons (Fsp3) is 0.768. The minimum absolute atomic E-state index is 0.130. The second-order valence-electron chi connectivity index (χ2n) is 18.0. The number of unbranched alkanes of at least 4 members (excludes halogenated alkanes) is 23. The van der Waals surface area contributed by atoms with Gasteiger partial charge >= 0.3 is 25.7 Å². The molecule has 0 rings (SSSR count). The van der Waals surface area contributed by atoms with Crippen molar-refractivity contribution in [1.29, 1.82) is 0 Å². The van der Waals surface area contributed by atoms with E-state index in [1.165, 1.54) is 64.2 Å². The topological polar surface area (TPSA) is 155 Å². The van der Waals surface area contributed by atoms with Crippen LogP contribution >= 0.6 is 7.82 Å². The summed E-state index contributed by atoms with van der Waals surface area (Å²) in [4.78, 5) is 48.4. The number of carbonyl (C=O) groups is 3. The summed E-state index contributed by atoms with van der Waals surface area (Å²) in [6, 6.07) is 0. The summed E-state index contributed by atoms with van der Waals surface area (Å²) in [6.07, 6.45) is 53.3. The normalized spacial score (nSPS) is 13.9. The SMILES string of the molecule is CC/C=C\C/C=C\C/C=C\CCCCCC(=O)OC(COC(=O)CCCCCCC/C=C\CCCCCCCC)COP(=O)(O)OCC(CO)OC(=O)CCCCCCC/C=C\CCCCCC. The van der Waals surface area contributed by atoms with Crippen LogP contribution in [-0.2, 0) is 42.2 Å². The Morgan fingerprint density at radius 3 is 1.22 bits per heavy atom. The van der Waals surface area contributed by atoms with Crippen LogP contribution in [0.5, 0.6) is 0 Å². The molecule has 0 aliphatic rings. The number of esters is 3. The molecular weight excluding hydrogens is 880 g/mol. The number of hydrogen-bond acceptors (Lipinski definition) is 10. The number of aliphatic hydroxyl groups is 1. The third-order valence-corrected chi connectivity index (χ3v) is 12.3. The number of aliphatic hydroxyl groups excluding tert-OH is 1. The van der Waals surface area contributed by atoms with Crippen LogP contribution in [0.1, 0.15) is 239 Å². The maximum absolute atomic E-state index is 12.9. The lowest BCUT2D eigenvalue weighted by Gasteiger charge is -2.21. The zero-order valence-corrected chi connectivity index (χ0v) is 44.2. The molecule has 0 radical (unpaired) electrons. The van der Waals surface area contributed by atoms with Gasteiger partial charge in [0.25, 0.3) is 0 Å². The number of phosphoric acid groups is 1. The van der Waals surface area contributed by atoms with Gasteiger partial charge in [0.15, 0.2) is 6.10 Å². The molecule has 0 spiro atoms. The maximum Gasteiger partial charge on any atom is 0.472 e. The third-order valence-electron chi connectivity index (χ3n) is 11.4. The van der Waals surface area contributed by atoms with Crippen molar-refractivity contribution in [2.75, 3.05) is 26.4 Å². The lowest BCUT2D eigenvalue weighted by Crippen LogP contribution is -2.30. The number of phosphoric ester groups is 1. The molecule has 3 atom stereocenters. The van der Waals surface area contributed by atoms with Crippen LogP contribution in [0.4, 0.5) is 0 Å². The van der Waals surface area contributed by atoms with Gasteiger partial charge in [0.1, 0.15) is 12.7 Å². The summed E-state index contributed by atoms with van der Waals surface area (Å²) < 4.78 is 39.4. The lowest BCUT2D eigenvalue weighted by molar-refractivity contribution is -0.161. The molecule has 0 fully saturated rings. The molecule has 0 aromatic heterocycles. The summed E-state index contributed by atoms with van der Waals surface area (Å²) in [7, 11) is -4.75. The predicted octanol–water partition coefficient (Wildman–Crippen LogP) is 15.6. The molecule has 12 heteroatoms. The average molecular weight is 979 g/mol. The first-order chi connectivity index (χ1) is 33.2. The Morgan fingerprint density at radius 1 is 0.426 bits per heavy atom. The monoisotopic (exact) mass is 979 g/mol. The first kappa shape index (κ1) is 65.2. The summed E-state index contributed by atoms with van der Waals surface area (Å²) in [6.45, 7) is 4.45. The molecule has 0 saturated heterocycles. The van der Waals surface area contributed by atoms with Gasteiger partial charge in [0.2, 0.25) is 0 Å². The molecule has 68 heavy (non-hydrogen) atoms. The van der Waals surface area contributed by atoms with Crippen molar-refractivity contribution in [2.24, 2.45) is 0 Å². The highest BCUT2D eigenvalue weighted by Gasteiger charge is 2.28. The van der Waals surface area contributed by atoms with Crippen molar-refractivity contribution in [3.63, 3.8) is 0 Å². The number of ether oxygens (including phenoxy) is 3. The average Bonchev–Trinajstić information content (AvgIpc) is 3.32. The standard InChI is InChI=1S/C56H99O11P/c1-4-7-10-13-16-19-22-25-26-29-30-33-36-39-42-45-54(58)63-49-53(67-56(60)47-44-41-38-35-32-28-24-21-18-15-12-9-6-3)51-65-68(61,62)64-50-52(48-57)66-55(59)46-43-40-37-34-31-27-23-20-17-14-11-8-5-2/h9,12,18,20-21,23,25-26,28,32,52-53,57H,4-8,10-11,13-17,19,22,24,27,29-31,33-51H2,1-3H3,(H,61,62)/b12-9-,21-18-,23-20-,26-25-,32-28-. The first-order valence-corrected chi connectivity index (χ1v) is 28.7. The Balaban J connectivity index is 4.77. The van der Waals surface area contributed by atoms with E-state index in [4.69, 9.17) is 23.3 Å². The van der Waals surface area contributed by atoms with Gasteiger partial charge in [0.05, 0.1) is 19.8 Å². The van der Waals surface area contributed by atoms with Crippen molar-refractivity contribution in [2.45, 2.75) is 251 Å². The van der Waals surface area contributed by atoms with Gasteiger partial charge in [-0.3, -0.25) is 23.4 Å². The second-order valence-corrected chi connectivity index (χ2v) is 19.5. The van der Waals surface area contributed by atoms with Crippen LogP contribution in [0, 0.1) is 0 Å². The molecule has 0 aromatic rings. The van der Waals surface area contributed by atoms with E-state index < -0.39 is 57.8 Å². The van der Waals surface area contributed by atoms with Crippen LogP contribution in [0.15, 0.2) is 60.8 Å². The fourth-order valence-electron chi connectivity index (χ4n) is 7.24. The molecule has 3 unspecified atom stereocenters. The minimum atomic E-state index is -4.75. The molecule has 0 heterocycles. The molecule has 0 bridgehead atoms. The third kappa shape index (κ3) is 48.2. The lowest BCUT2D eigenvalue weighted by atomic mass is 10.1. The van der Waals surface area contributed by atoms with E-state index in [0.29, 0.717) is 19.3 Å². The Labute approximate surface area is 415 Å². The van der Waals surface area contributed by atoms with Crippen molar-refractivity contribution >= 4 is 25.7 Å². The van der Waals surface area contributed by atoms with E-state index in [1.54, 1.807) is 0 Å². The highest BCUT2D eigenvalue weighted by Crippen LogP contribution is 2.43. The molecule has 2 N–H and O–H groups in total. The van der Waals surface area contributed by atoms with Crippen molar-refractivity contribution < 1.29 is 52.2 Å². The van der Waals surface area contributed by atoms with Gasteiger partial charge in [-0.15, -0.1) is 0 Å². The summed E-state index contributed by atoms with van der Waals surface area (Å²) in [5, 5.41) is 9.78. The van der Waals surface area contributed by atoms with Crippen LogP contribution in [-0.4, -0.2) is 66.5 Å². The maximum atomic E-state index is 12.9. The van der Waals surface area contributed by atoms with Gasteiger partial charge < -0.3 is 24.2 Å². The van der Waals surface area contributed by atoms with Crippen LogP contribution in [0.2, 0.25) is 0 Å². The Bertz CT molecular complexity index is 1370. The van der Waals surface area contributed by atoms with E-state index in [9.17, 15) is 28.9 Å².